The lowest BCUT2D eigenvalue weighted by atomic mass is 10.0. The first kappa shape index (κ1) is 20.4. The van der Waals surface area contributed by atoms with Crippen LogP contribution < -0.4 is 5.32 Å². The van der Waals surface area contributed by atoms with E-state index in [1.807, 2.05) is 11.4 Å². The zero-order chi connectivity index (χ0) is 20.1. The number of anilines is 1. The van der Waals surface area contributed by atoms with Crippen molar-refractivity contribution in [3.05, 3.63) is 57.9 Å². The van der Waals surface area contributed by atoms with Crippen molar-refractivity contribution in [2.24, 2.45) is 0 Å². The first-order chi connectivity index (χ1) is 13.5. The molecule has 6 nitrogen and oxygen atoms in total. The second-order valence-corrected chi connectivity index (χ2v) is 8.07. The normalized spacial score (nSPS) is 15.6. The van der Waals surface area contributed by atoms with Crippen molar-refractivity contribution in [2.75, 3.05) is 25.5 Å². The summed E-state index contributed by atoms with van der Waals surface area (Å²) in [5, 5.41) is 23.4. The first-order valence-corrected chi connectivity index (χ1v) is 10.3. The van der Waals surface area contributed by atoms with Gasteiger partial charge in [-0.05, 0) is 62.6 Å². The molecule has 148 valence electrons. The van der Waals surface area contributed by atoms with Crippen LogP contribution in [0.5, 0.6) is 5.75 Å². The maximum Gasteiger partial charge on any atom is 0.269 e. The summed E-state index contributed by atoms with van der Waals surface area (Å²) in [5.74, 6) is 0.0718. The maximum absolute atomic E-state index is 13.0. The Kier molecular flexibility index (Phi) is 6.72. The number of phenols is 1. The van der Waals surface area contributed by atoms with Crippen molar-refractivity contribution in [2.45, 2.75) is 18.9 Å². The van der Waals surface area contributed by atoms with Gasteiger partial charge >= 0.3 is 0 Å². The van der Waals surface area contributed by atoms with Crippen LogP contribution in [0.15, 0.2) is 48.0 Å². The van der Waals surface area contributed by atoms with E-state index in [-0.39, 0.29) is 23.5 Å². The molecule has 0 aliphatic carbocycles. The number of thiophene rings is 1. The summed E-state index contributed by atoms with van der Waals surface area (Å²) in [5.41, 5.74) is 0.529. The van der Waals surface area contributed by atoms with Gasteiger partial charge in [-0.25, -0.2) is 0 Å². The van der Waals surface area contributed by atoms with E-state index < -0.39 is 0 Å². The van der Waals surface area contributed by atoms with Gasteiger partial charge in [0, 0.05) is 18.3 Å². The van der Waals surface area contributed by atoms with Crippen LogP contribution in [0.1, 0.15) is 22.5 Å². The Morgan fingerprint density at radius 1 is 1.39 bits per heavy atom. The molecule has 2 heterocycles. The van der Waals surface area contributed by atoms with Crippen molar-refractivity contribution in [3.8, 4) is 5.75 Å². The van der Waals surface area contributed by atoms with E-state index in [0.29, 0.717) is 15.6 Å². The van der Waals surface area contributed by atoms with E-state index >= 15 is 0 Å². The number of aromatic hydroxyl groups is 1. The van der Waals surface area contributed by atoms with Crippen LogP contribution in [-0.2, 0) is 0 Å². The molecule has 28 heavy (non-hydrogen) atoms. The summed E-state index contributed by atoms with van der Waals surface area (Å²) >= 11 is 7.48. The fraction of sp³-hybridized carbons (Fsp3) is 0.300. The molecule has 1 aromatic carbocycles. The van der Waals surface area contributed by atoms with Gasteiger partial charge in [-0.1, -0.05) is 17.7 Å². The predicted molar refractivity (Wildman–Crippen MR) is 115 cm³/mol. The van der Waals surface area contributed by atoms with Crippen LogP contribution in [0.25, 0.3) is 0 Å². The molecule has 0 spiro atoms. The van der Waals surface area contributed by atoms with Gasteiger partial charge in [-0.3, -0.25) is 15.1 Å². The third kappa shape index (κ3) is 4.92. The van der Waals surface area contributed by atoms with Gasteiger partial charge in [0.25, 0.3) is 5.91 Å². The Morgan fingerprint density at radius 2 is 2.14 bits per heavy atom. The zero-order valence-corrected chi connectivity index (χ0v) is 17.1. The molecule has 0 radical (unpaired) electrons. The summed E-state index contributed by atoms with van der Waals surface area (Å²) in [7, 11) is 2.07. The van der Waals surface area contributed by atoms with E-state index in [1.165, 1.54) is 23.5 Å². The van der Waals surface area contributed by atoms with E-state index in [0.717, 1.165) is 25.9 Å². The molecule has 0 atom stereocenters. The number of hydrogen-bond acceptors (Lipinski definition) is 6. The molecule has 3 rings (SSSR count). The quantitative estimate of drug-likeness (QED) is 0.501. The highest BCUT2D eigenvalue weighted by Gasteiger charge is 2.30. The molecule has 1 fully saturated rings. The summed E-state index contributed by atoms with van der Waals surface area (Å²) in [6.07, 6.45) is 4.77. The van der Waals surface area contributed by atoms with Crippen LogP contribution in [0.3, 0.4) is 0 Å². The number of hydrogen-bond donors (Lipinski definition) is 3. The average molecular weight is 419 g/mol. The van der Waals surface area contributed by atoms with Crippen LogP contribution in [0.2, 0.25) is 5.02 Å². The Balaban J connectivity index is 1.76. The van der Waals surface area contributed by atoms with E-state index in [2.05, 4.69) is 17.3 Å². The minimum atomic E-state index is -0.144. The molecule has 8 heteroatoms. The number of nitrogens with zero attached hydrogens (tertiary/aromatic N) is 2. The molecular formula is C20H23ClN4O2S. The van der Waals surface area contributed by atoms with Crippen LogP contribution in [-0.4, -0.2) is 52.8 Å². The molecule has 3 N–H and O–H groups in total. The number of carbonyl (C=O) groups excluding carboxylic acids is 1. The highest BCUT2D eigenvalue weighted by molar-refractivity contribution is 7.12. The molecule has 1 aliphatic rings. The Hall–Kier alpha value is -2.35. The van der Waals surface area contributed by atoms with Gasteiger partial charge in [0.1, 0.15) is 11.6 Å². The van der Waals surface area contributed by atoms with Crippen LogP contribution in [0.4, 0.5) is 5.69 Å². The number of phenolic OH excluding ortho intramolecular Hbond substituents is 1. The third-order valence-electron chi connectivity index (χ3n) is 4.69. The SMILES string of the molecule is CN1CCC(N(C(=N)/C=C\Nc2cc(O)ccc2Cl)C(=O)c2cccs2)CC1. The Labute approximate surface area is 173 Å². The summed E-state index contributed by atoms with van der Waals surface area (Å²) < 4.78 is 0. The van der Waals surface area contributed by atoms with Crippen molar-refractivity contribution in [1.29, 1.82) is 5.41 Å². The topological polar surface area (TPSA) is 79.7 Å². The van der Waals surface area contributed by atoms with Crippen LogP contribution in [0, 0.1) is 5.41 Å². The summed E-state index contributed by atoms with van der Waals surface area (Å²) in [6.45, 7) is 1.79. The summed E-state index contributed by atoms with van der Waals surface area (Å²) in [6, 6.07) is 8.21. The highest BCUT2D eigenvalue weighted by atomic mass is 35.5. The van der Waals surface area contributed by atoms with E-state index in [4.69, 9.17) is 17.0 Å². The number of halogens is 1. The number of carbonyl (C=O) groups is 1. The second-order valence-electron chi connectivity index (χ2n) is 6.71. The number of nitrogens with one attached hydrogen (secondary N) is 2. The Morgan fingerprint density at radius 3 is 2.82 bits per heavy atom. The van der Waals surface area contributed by atoms with E-state index in [9.17, 15) is 9.90 Å². The van der Waals surface area contributed by atoms with Gasteiger partial charge in [-0.15, -0.1) is 11.3 Å². The third-order valence-corrected chi connectivity index (χ3v) is 5.88. The fourth-order valence-electron chi connectivity index (χ4n) is 3.16. The smallest absolute Gasteiger partial charge is 0.269 e. The summed E-state index contributed by atoms with van der Waals surface area (Å²) in [4.78, 5) is 17.5. The molecule has 0 bridgehead atoms. The molecule has 0 saturated carbocycles. The van der Waals surface area contributed by atoms with Crippen molar-refractivity contribution in [3.63, 3.8) is 0 Å². The standard InChI is InChI=1S/C20H23ClN4O2S/c1-24-10-7-14(8-11-24)25(20(27)18-3-2-12-28-18)19(22)6-9-23-17-13-15(26)4-5-16(17)21/h2-6,9,12-14,22-23,26H,7-8,10-11H2,1H3/b9-6-,22-19?. The van der Waals surface area contributed by atoms with Crippen molar-refractivity contribution >= 4 is 40.4 Å². The number of likely N-dealkylation sites (tertiary alicyclic amines) is 1. The van der Waals surface area contributed by atoms with Crippen molar-refractivity contribution in [1.82, 2.24) is 9.80 Å². The van der Waals surface area contributed by atoms with E-state index in [1.54, 1.807) is 29.3 Å². The largest absolute Gasteiger partial charge is 0.508 e. The molecule has 1 amide bonds. The highest BCUT2D eigenvalue weighted by Crippen LogP contribution is 2.26. The zero-order valence-electron chi connectivity index (χ0n) is 15.6. The van der Waals surface area contributed by atoms with Gasteiger partial charge in [0.05, 0.1) is 15.6 Å². The number of rotatable bonds is 5. The number of amidine groups is 1. The lowest BCUT2D eigenvalue weighted by molar-refractivity contribution is 0.0753. The van der Waals surface area contributed by atoms with Gasteiger partial charge < -0.3 is 15.3 Å². The molecule has 0 unspecified atom stereocenters. The second kappa shape index (κ2) is 9.23. The lowest BCUT2D eigenvalue weighted by Crippen LogP contribution is -2.48. The van der Waals surface area contributed by atoms with Crippen molar-refractivity contribution < 1.29 is 9.90 Å². The molecule has 1 aliphatic heterocycles. The molecule has 2 aromatic rings. The lowest BCUT2D eigenvalue weighted by Gasteiger charge is -2.36. The minimum Gasteiger partial charge on any atom is -0.508 e. The molecule has 1 saturated heterocycles. The van der Waals surface area contributed by atoms with Crippen LogP contribution >= 0.6 is 22.9 Å². The van der Waals surface area contributed by atoms with Gasteiger partial charge in [0.15, 0.2) is 0 Å². The Bertz CT molecular complexity index is 861. The first-order valence-electron chi connectivity index (χ1n) is 9.01. The monoisotopic (exact) mass is 418 g/mol. The number of benzene rings is 1. The van der Waals surface area contributed by atoms with Gasteiger partial charge in [-0.2, -0.15) is 0 Å². The average Bonchev–Trinajstić information content (AvgIpc) is 3.21. The number of piperidine rings is 1. The molecule has 1 aromatic heterocycles. The number of amides is 1. The molecular weight excluding hydrogens is 396 g/mol. The minimum absolute atomic E-state index is 0.00712. The predicted octanol–water partition coefficient (Wildman–Crippen LogP) is 4.25. The van der Waals surface area contributed by atoms with Gasteiger partial charge in [0.2, 0.25) is 0 Å². The fourth-order valence-corrected chi connectivity index (χ4v) is 3.99. The maximum atomic E-state index is 13.0.